The number of carbonyl (C=O) groups excluding carboxylic acids is 2. The first-order chi connectivity index (χ1) is 61.8. The van der Waals surface area contributed by atoms with Gasteiger partial charge in [0.15, 0.2) is 0 Å². The van der Waals surface area contributed by atoms with Crippen LogP contribution in [0, 0.1) is 52.3 Å². The Bertz CT molecular complexity index is 4490. The summed E-state index contributed by atoms with van der Waals surface area (Å²) in [6, 6.07) is 72.1. The zero-order valence-corrected chi connectivity index (χ0v) is 83.3. The lowest BCUT2D eigenvalue weighted by atomic mass is 9.49. The van der Waals surface area contributed by atoms with Crippen LogP contribution >= 0.6 is 0 Å². The van der Waals surface area contributed by atoms with Gasteiger partial charge in [0, 0.05) is 5.92 Å². The number of rotatable bonds is 24. The SMILES string of the molecule is CC1c2cccc3cccc(c23)C1C.CCC(C)c1ccc(O)cc1.CCC(C)c1ccc(O)cc1.CCC(C)c1ccc(OC(=O)C23CC4CC(CC(C4)C2)C3)cc1.CCC(C)c1ccc(OC(=O)C23CC4CC(CC(C4)C2)C3)cc1.CCC(C)c1ccc(OC(C)(C)C)cc1.CCC(C)c1ccc(OC(OC2CCCCC2)C(C)C)cc1.CCC(C)c1ccccc1. The minimum atomic E-state index is -0.163. The average molecular weight is 1750 g/mol. The van der Waals surface area contributed by atoms with Crippen LogP contribution in [-0.2, 0) is 14.3 Å². The smallest absolute Gasteiger partial charge is 0.317 e. The Hall–Kier alpha value is -8.66. The lowest BCUT2D eigenvalue weighted by molar-refractivity contribution is -0.162. The van der Waals surface area contributed by atoms with Crippen molar-refractivity contribution in [2.75, 3.05) is 0 Å². The van der Waals surface area contributed by atoms with E-state index in [9.17, 15) is 9.59 Å². The predicted octanol–water partition coefficient (Wildman–Crippen LogP) is 34.0. The third-order valence-corrected chi connectivity index (χ3v) is 30.5. The topological polar surface area (TPSA) is 121 Å². The van der Waals surface area contributed by atoms with Gasteiger partial charge in [0.1, 0.15) is 40.1 Å². The maximum atomic E-state index is 12.9. The summed E-state index contributed by atoms with van der Waals surface area (Å²) >= 11 is 0. The normalized spacial score (nSPS) is 23.6. The van der Waals surface area contributed by atoms with Crippen molar-refractivity contribution in [3.8, 4) is 34.5 Å². The quantitative estimate of drug-likeness (QED) is 0.0346. The molecule has 129 heavy (non-hydrogen) atoms. The first-order valence-electron chi connectivity index (χ1n) is 50.8. The fourth-order valence-electron chi connectivity index (χ4n) is 21.6. The fraction of sp³-hybridized carbons (Fsp3) is 0.550. The molecule has 8 bridgehead atoms. The Morgan fingerprint density at radius 2 is 0.628 bits per heavy atom. The van der Waals surface area contributed by atoms with Gasteiger partial charge in [0.25, 0.3) is 0 Å². The number of aromatic hydroxyl groups is 2. The Morgan fingerprint density at radius 1 is 0.349 bits per heavy atom. The van der Waals surface area contributed by atoms with Gasteiger partial charge in [-0.05, 0) is 378 Å². The molecule has 0 aromatic heterocycles. The molecule has 9 aromatic rings. The molecule has 10 unspecified atom stereocenters. The van der Waals surface area contributed by atoms with Gasteiger partial charge < -0.3 is 33.9 Å². The zero-order chi connectivity index (χ0) is 93.1. The van der Waals surface area contributed by atoms with Crippen molar-refractivity contribution in [3.05, 3.63) is 262 Å². The molecule has 0 saturated heterocycles. The van der Waals surface area contributed by atoms with Gasteiger partial charge in [-0.2, -0.15) is 0 Å². The van der Waals surface area contributed by atoms with Gasteiger partial charge in [0.05, 0.1) is 16.9 Å². The molecule has 10 aliphatic rings. The van der Waals surface area contributed by atoms with Crippen LogP contribution in [0.1, 0.15) is 403 Å². The minimum Gasteiger partial charge on any atom is -0.508 e. The Labute approximate surface area is 781 Å². The van der Waals surface area contributed by atoms with Crippen molar-refractivity contribution in [1.82, 2.24) is 0 Å². The van der Waals surface area contributed by atoms with Crippen molar-refractivity contribution in [2.24, 2.45) is 52.3 Å². The molecule has 0 amide bonds. The van der Waals surface area contributed by atoms with E-state index in [0.717, 1.165) is 123 Å². The molecule has 9 aromatic carbocycles. The summed E-state index contributed by atoms with van der Waals surface area (Å²) < 4.78 is 29.8. The van der Waals surface area contributed by atoms with Crippen LogP contribution in [0.25, 0.3) is 10.8 Å². The van der Waals surface area contributed by atoms with Crippen molar-refractivity contribution in [3.63, 3.8) is 0 Å². The fourth-order valence-corrected chi connectivity index (χ4v) is 21.6. The number of benzene rings is 9. The molecular weight excluding hydrogens is 1590 g/mol. The van der Waals surface area contributed by atoms with E-state index in [-0.39, 0.29) is 34.7 Å². The van der Waals surface area contributed by atoms with E-state index in [1.54, 1.807) is 24.3 Å². The number of carbonyl (C=O) groups is 2. The van der Waals surface area contributed by atoms with Gasteiger partial charge in [-0.3, -0.25) is 9.59 Å². The highest BCUT2D eigenvalue weighted by molar-refractivity contribution is 5.92. The van der Waals surface area contributed by atoms with Crippen molar-refractivity contribution >= 4 is 22.7 Å². The minimum absolute atomic E-state index is 0.0490. The van der Waals surface area contributed by atoms with E-state index >= 15 is 0 Å². The van der Waals surface area contributed by atoms with Crippen LogP contribution in [0.3, 0.4) is 0 Å². The molecule has 0 heterocycles. The number of phenolic OH excluding ortho intramolecular Hbond substituents is 2. The van der Waals surface area contributed by atoms with Gasteiger partial charge >= 0.3 is 11.9 Å². The Kier molecular flexibility index (Phi) is 39.1. The number of hydrogen-bond donors (Lipinski definition) is 2. The van der Waals surface area contributed by atoms with Crippen LogP contribution in [0.15, 0.2) is 212 Å². The summed E-state index contributed by atoms with van der Waals surface area (Å²) in [4.78, 5) is 25.8. The van der Waals surface area contributed by atoms with Crippen molar-refractivity contribution in [1.29, 1.82) is 0 Å². The Morgan fingerprint density at radius 3 is 0.915 bits per heavy atom. The molecule has 0 aliphatic heterocycles. The summed E-state index contributed by atoms with van der Waals surface area (Å²) in [7, 11) is 0. The average Bonchev–Trinajstić information content (AvgIpc) is 1.71. The van der Waals surface area contributed by atoms with Gasteiger partial charge in [0.2, 0.25) is 6.29 Å². The number of esters is 2. The largest absolute Gasteiger partial charge is 0.508 e. The molecule has 9 saturated carbocycles. The second kappa shape index (κ2) is 49.2. The second-order valence-corrected chi connectivity index (χ2v) is 41.9. The number of hydrogen-bond acceptors (Lipinski definition) is 9. The summed E-state index contributed by atoms with van der Waals surface area (Å²) in [6.07, 6.45) is 29.2. The predicted molar refractivity (Wildman–Crippen MR) is 540 cm³/mol. The van der Waals surface area contributed by atoms with Crippen molar-refractivity contribution in [2.45, 2.75) is 371 Å². The van der Waals surface area contributed by atoms with E-state index in [1.807, 2.05) is 48.5 Å². The number of ether oxygens (including phenoxy) is 5. The van der Waals surface area contributed by atoms with E-state index in [2.05, 4.69) is 285 Å². The molecule has 10 atom stereocenters. The standard InChI is InChI=1S/2C21H28O2.C20H32O2.C14H22O.C14H14.2C10H14O.C10H14/c2*1-3-14(2)18-4-6-19(7-5-18)23-20(22)21-11-15-8-16(12-21)10-17(9-15)13-21;1-5-16(4)17-11-13-19(14-12-17)22-20(15(2)3)21-18-9-7-6-8-10-18;1-6-11(2)12-7-9-13(10-8-12)15-14(3,4)5;1-9-10(2)13-8-4-6-11-5-3-7-12(9)14(11)13;2*1-3-8(2)9-4-6-10(11)7-5-9;1-3-9(2)10-7-5-4-6-8-10/h2*4-7,14-17H,3,8-13H2,1-2H3;11-16,18,20H,5-10H2,1-4H3;7-11H,6H2,1-5H3;3-10H,1-2H3;2*4-8,11H,3H2,1-2H3;4-9H,3H2,1-2H3. The highest BCUT2D eigenvalue weighted by Gasteiger charge is 2.57. The third kappa shape index (κ3) is 29.4. The van der Waals surface area contributed by atoms with E-state index in [0.29, 0.717) is 76.8 Å². The maximum absolute atomic E-state index is 12.9. The summed E-state index contributed by atoms with van der Waals surface area (Å²) in [5, 5.41) is 20.9. The molecule has 9 fully saturated rings. The highest BCUT2D eigenvalue weighted by Crippen LogP contribution is 2.62. The first kappa shape index (κ1) is 102. The van der Waals surface area contributed by atoms with E-state index < -0.39 is 0 Å². The number of phenols is 2. The second-order valence-electron chi connectivity index (χ2n) is 41.9. The summed E-state index contributed by atoms with van der Waals surface area (Å²) in [5.41, 5.74) is 12.1. The monoisotopic (exact) mass is 1750 g/mol. The van der Waals surface area contributed by atoms with Gasteiger partial charge in [-0.1, -0.05) is 283 Å². The molecular formula is C120H166O9. The van der Waals surface area contributed by atoms with E-state index in [1.165, 1.54) is 151 Å². The van der Waals surface area contributed by atoms with Crippen molar-refractivity contribution < 1.29 is 43.5 Å². The lowest BCUT2D eigenvalue weighted by Gasteiger charge is -2.55. The zero-order valence-electron chi connectivity index (χ0n) is 83.3. The molecule has 700 valence electrons. The van der Waals surface area contributed by atoms with Gasteiger partial charge in [-0.25, -0.2) is 0 Å². The van der Waals surface area contributed by atoms with Crippen LogP contribution < -0.4 is 18.9 Å². The maximum Gasteiger partial charge on any atom is 0.317 e. The molecule has 9 heteroatoms. The Balaban J connectivity index is 0.000000156. The van der Waals surface area contributed by atoms with Crippen LogP contribution in [0.2, 0.25) is 0 Å². The van der Waals surface area contributed by atoms with E-state index in [4.69, 9.17) is 33.9 Å². The molecule has 2 N–H and O–H groups in total. The van der Waals surface area contributed by atoms with Crippen LogP contribution in [0.4, 0.5) is 0 Å². The van der Waals surface area contributed by atoms with Crippen LogP contribution in [0.5, 0.6) is 34.5 Å². The van der Waals surface area contributed by atoms with Crippen LogP contribution in [-0.4, -0.2) is 40.1 Å². The summed E-state index contributed by atoms with van der Waals surface area (Å²) in [6.45, 7) is 46.2. The summed E-state index contributed by atoms with van der Waals surface area (Å²) in [5.74, 6) is 14.7. The molecule has 0 radical (unpaired) electrons. The van der Waals surface area contributed by atoms with Gasteiger partial charge in [-0.15, -0.1) is 0 Å². The molecule has 9 nitrogen and oxygen atoms in total. The molecule has 10 aliphatic carbocycles. The molecule has 0 spiro atoms. The highest BCUT2D eigenvalue weighted by atomic mass is 16.7. The molecule has 19 rings (SSSR count). The first-order valence-corrected chi connectivity index (χ1v) is 50.8. The third-order valence-electron chi connectivity index (χ3n) is 30.5. The lowest BCUT2D eigenvalue weighted by Crippen LogP contribution is -2.51.